The zero-order chi connectivity index (χ0) is 17.8. The number of nitrogens with one attached hydrogen (secondary N) is 2. The molecule has 0 radical (unpaired) electrons. The van der Waals surface area contributed by atoms with Gasteiger partial charge in [-0.05, 0) is 56.2 Å². The minimum absolute atomic E-state index is 0.0585. The minimum atomic E-state index is -0.318. The third kappa shape index (κ3) is 3.86. The van der Waals surface area contributed by atoms with Gasteiger partial charge in [-0.15, -0.1) is 0 Å². The van der Waals surface area contributed by atoms with Gasteiger partial charge in [-0.1, -0.05) is 30.3 Å². The van der Waals surface area contributed by atoms with Gasteiger partial charge in [0.1, 0.15) is 0 Å². The average Bonchev–Trinajstić information content (AvgIpc) is 2.62. The van der Waals surface area contributed by atoms with E-state index >= 15 is 0 Å². The van der Waals surface area contributed by atoms with Crippen LogP contribution in [0.5, 0.6) is 0 Å². The van der Waals surface area contributed by atoms with E-state index in [0.717, 1.165) is 16.6 Å². The van der Waals surface area contributed by atoms with Crippen LogP contribution in [-0.2, 0) is 4.79 Å². The number of amides is 1. The van der Waals surface area contributed by atoms with Gasteiger partial charge in [-0.25, -0.2) is 0 Å². The molecule has 0 spiro atoms. The topological polar surface area (TPSA) is 54.0 Å². The molecule has 2 atom stereocenters. The molecule has 1 heterocycles. The maximum absolute atomic E-state index is 12.6. The lowest BCUT2D eigenvalue weighted by Gasteiger charge is -2.21. The number of aromatic nitrogens is 1. The Hall–Kier alpha value is -2.72. The van der Waals surface area contributed by atoms with Crippen molar-refractivity contribution in [2.45, 2.75) is 32.9 Å². The van der Waals surface area contributed by atoms with Crippen LogP contribution in [0, 0.1) is 6.92 Å². The Morgan fingerprint density at radius 3 is 2.60 bits per heavy atom. The summed E-state index contributed by atoms with van der Waals surface area (Å²) < 4.78 is 0. The van der Waals surface area contributed by atoms with Crippen LogP contribution in [0.1, 0.15) is 31.0 Å². The first kappa shape index (κ1) is 17.1. The lowest BCUT2D eigenvalue weighted by Crippen LogP contribution is -2.39. The first-order valence-corrected chi connectivity index (χ1v) is 8.52. The fourth-order valence-electron chi connectivity index (χ4n) is 3.07. The van der Waals surface area contributed by atoms with Gasteiger partial charge in [0.05, 0.1) is 17.2 Å². The lowest BCUT2D eigenvalue weighted by atomic mass is 10.0. The second-order valence-electron chi connectivity index (χ2n) is 6.33. The number of rotatable bonds is 5. The van der Waals surface area contributed by atoms with E-state index in [1.54, 1.807) is 6.20 Å². The average molecular weight is 333 g/mol. The summed E-state index contributed by atoms with van der Waals surface area (Å²) in [5.41, 5.74) is 4.08. The number of nitrogens with zero attached hydrogens (tertiary/aromatic N) is 1. The summed E-state index contributed by atoms with van der Waals surface area (Å²) in [6.07, 6.45) is 1.75. The zero-order valence-corrected chi connectivity index (χ0v) is 14.8. The lowest BCUT2D eigenvalue weighted by molar-refractivity contribution is -0.117. The zero-order valence-electron chi connectivity index (χ0n) is 14.8. The van der Waals surface area contributed by atoms with Crippen molar-refractivity contribution in [3.63, 3.8) is 0 Å². The predicted molar refractivity (Wildman–Crippen MR) is 103 cm³/mol. The van der Waals surface area contributed by atoms with Crippen molar-refractivity contribution < 1.29 is 4.79 Å². The minimum Gasteiger partial charge on any atom is -0.324 e. The summed E-state index contributed by atoms with van der Waals surface area (Å²) in [5.74, 6) is -0.0585. The van der Waals surface area contributed by atoms with E-state index in [9.17, 15) is 4.79 Å². The Bertz CT molecular complexity index is 886. The molecule has 2 aromatic carbocycles. The third-order valence-corrected chi connectivity index (χ3v) is 4.45. The highest BCUT2D eigenvalue weighted by Gasteiger charge is 2.18. The van der Waals surface area contributed by atoms with Crippen molar-refractivity contribution in [2.75, 3.05) is 5.32 Å². The quantitative estimate of drug-likeness (QED) is 0.735. The van der Waals surface area contributed by atoms with Crippen LogP contribution in [-0.4, -0.2) is 16.9 Å². The number of carbonyl (C=O) groups excluding carboxylic acids is 1. The van der Waals surface area contributed by atoms with E-state index in [0.29, 0.717) is 0 Å². The van der Waals surface area contributed by atoms with Gasteiger partial charge in [0.2, 0.25) is 5.91 Å². The molecule has 4 nitrogen and oxygen atoms in total. The number of pyridine rings is 1. The van der Waals surface area contributed by atoms with Crippen LogP contribution in [0.25, 0.3) is 10.9 Å². The molecule has 1 aromatic heterocycles. The van der Waals surface area contributed by atoms with E-state index in [1.807, 2.05) is 49.4 Å². The fourth-order valence-corrected chi connectivity index (χ4v) is 3.07. The molecule has 128 valence electrons. The maximum Gasteiger partial charge on any atom is 0.241 e. The molecule has 0 bridgehead atoms. The molecule has 3 rings (SSSR count). The van der Waals surface area contributed by atoms with Gasteiger partial charge in [0.15, 0.2) is 0 Å². The largest absolute Gasteiger partial charge is 0.324 e. The highest BCUT2D eigenvalue weighted by molar-refractivity contribution is 6.02. The molecule has 0 aliphatic carbocycles. The first-order valence-electron chi connectivity index (χ1n) is 8.52. The number of hydrogen-bond donors (Lipinski definition) is 2. The number of carbonyl (C=O) groups is 1. The van der Waals surface area contributed by atoms with Crippen molar-refractivity contribution >= 4 is 22.5 Å². The summed E-state index contributed by atoms with van der Waals surface area (Å²) in [6, 6.07) is 17.6. The molecule has 3 aromatic rings. The molecule has 0 aliphatic heterocycles. The van der Waals surface area contributed by atoms with Crippen LogP contribution in [0.4, 0.5) is 5.69 Å². The number of aryl methyl sites for hydroxylation is 1. The SMILES string of the molecule is Cc1ccccc1[C@@H](C)N[C@@H](C)C(=O)Nc1cccc2ncccc12. The number of anilines is 1. The summed E-state index contributed by atoms with van der Waals surface area (Å²) in [4.78, 5) is 16.9. The second-order valence-corrected chi connectivity index (χ2v) is 6.33. The van der Waals surface area contributed by atoms with E-state index in [4.69, 9.17) is 0 Å². The molecular formula is C21H23N3O. The Kier molecular flexibility index (Phi) is 5.10. The normalized spacial score (nSPS) is 13.4. The number of benzene rings is 2. The van der Waals surface area contributed by atoms with Gasteiger partial charge in [-0.3, -0.25) is 15.1 Å². The van der Waals surface area contributed by atoms with Crippen molar-refractivity contribution in [1.82, 2.24) is 10.3 Å². The summed E-state index contributed by atoms with van der Waals surface area (Å²) in [5, 5.41) is 7.33. The maximum atomic E-state index is 12.6. The molecule has 25 heavy (non-hydrogen) atoms. The van der Waals surface area contributed by atoms with Gasteiger partial charge >= 0.3 is 0 Å². The van der Waals surface area contributed by atoms with Crippen LogP contribution in [0.15, 0.2) is 60.8 Å². The van der Waals surface area contributed by atoms with Gasteiger partial charge in [0.25, 0.3) is 0 Å². The summed E-state index contributed by atoms with van der Waals surface area (Å²) in [7, 11) is 0. The molecule has 0 saturated heterocycles. The molecule has 0 unspecified atom stereocenters. The number of fused-ring (bicyclic) bond motifs is 1. The third-order valence-electron chi connectivity index (χ3n) is 4.45. The van der Waals surface area contributed by atoms with Crippen LogP contribution in [0.2, 0.25) is 0 Å². The summed E-state index contributed by atoms with van der Waals surface area (Å²) >= 11 is 0. The Morgan fingerprint density at radius 1 is 1.00 bits per heavy atom. The van der Waals surface area contributed by atoms with Crippen molar-refractivity contribution in [3.8, 4) is 0 Å². The molecule has 1 amide bonds. The molecule has 2 N–H and O–H groups in total. The number of hydrogen-bond acceptors (Lipinski definition) is 3. The highest BCUT2D eigenvalue weighted by Crippen LogP contribution is 2.22. The monoisotopic (exact) mass is 333 g/mol. The Balaban J connectivity index is 1.71. The van der Waals surface area contributed by atoms with E-state index in [-0.39, 0.29) is 18.0 Å². The van der Waals surface area contributed by atoms with Crippen molar-refractivity contribution in [3.05, 3.63) is 71.9 Å². The van der Waals surface area contributed by atoms with Gasteiger partial charge in [0, 0.05) is 17.6 Å². The van der Waals surface area contributed by atoms with E-state index < -0.39 is 0 Å². The Labute approximate surface area is 148 Å². The van der Waals surface area contributed by atoms with Crippen LogP contribution in [0.3, 0.4) is 0 Å². The fraction of sp³-hybridized carbons (Fsp3) is 0.238. The first-order chi connectivity index (χ1) is 12.1. The van der Waals surface area contributed by atoms with E-state index in [1.165, 1.54) is 11.1 Å². The van der Waals surface area contributed by atoms with Crippen LogP contribution < -0.4 is 10.6 Å². The summed E-state index contributed by atoms with van der Waals surface area (Å²) in [6.45, 7) is 6.04. The Morgan fingerprint density at radius 2 is 1.80 bits per heavy atom. The van der Waals surface area contributed by atoms with Crippen LogP contribution >= 0.6 is 0 Å². The smallest absolute Gasteiger partial charge is 0.241 e. The molecular weight excluding hydrogens is 310 g/mol. The molecule has 0 saturated carbocycles. The molecule has 0 aliphatic rings. The van der Waals surface area contributed by atoms with Crippen molar-refractivity contribution in [1.29, 1.82) is 0 Å². The van der Waals surface area contributed by atoms with Crippen molar-refractivity contribution in [2.24, 2.45) is 0 Å². The van der Waals surface area contributed by atoms with Gasteiger partial charge < -0.3 is 5.32 Å². The van der Waals surface area contributed by atoms with E-state index in [2.05, 4.69) is 41.6 Å². The van der Waals surface area contributed by atoms with Gasteiger partial charge in [-0.2, -0.15) is 0 Å². The second kappa shape index (κ2) is 7.45. The standard InChI is InChI=1S/C21H23N3O/c1-14-8-4-5-9-17(14)15(2)23-16(3)21(25)24-20-12-6-11-19-18(20)10-7-13-22-19/h4-13,15-16,23H,1-3H3,(H,24,25)/t15-,16+/m1/s1. The molecule has 4 heteroatoms. The highest BCUT2D eigenvalue weighted by atomic mass is 16.2. The predicted octanol–water partition coefficient (Wildman–Crippen LogP) is 4.22. The molecule has 0 fully saturated rings.